The maximum atomic E-state index is 13.1. The molecule has 0 saturated heterocycles. The lowest BCUT2D eigenvalue weighted by Crippen LogP contribution is -2.27. The Morgan fingerprint density at radius 1 is 1.39 bits per heavy atom. The Hall–Kier alpha value is -3.15. The molecule has 0 radical (unpaired) electrons. The number of anilines is 1. The molecule has 0 amide bonds. The first-order valence-electron chi connectivity index (χ1n) is 8.87. The summed E-state index contributed by atoms with van der Waals surface area (Å²) in [6.07, 6.45) is 1.72. The number of rotatable bonds is 4. The number of aromatic nitrogens is 4. The van der Waals surface area contributed by atoms with E-state index in [1.165, 1.54) is 7.11 Å². The van der Waals surface area contributed by atoms with Crippen LogP contribution in [0.2, 0.25) is 0 Å². The average molecular weight is 381 g/mol. The third kappa shape index (κ3) is 3.63. The van der Waals surface area contributed by atoms with Crippen molar-refractivity contribution in [1.29, 1.82) is 0 Å². The number of aromatic amines is 1. The van der Waals surface area contributed by atoms with Crippen LogP contribution >= 0.6 is 0 Å². The van der Waals surface area contributed by atoms with E-state index in [1.54, 1.807) is 29.8 Å². The lowest BCUT2D eigenvalue weighted by atomic mass is 10.1. The van der Waals surface area contributed by atoms with Gasteiger partial charge in [-0.1, -0.05) is 5.92 Å². The van der Waals surface area contributed by atoms with E-state index in [1.807, 2.05) is 13.8 Å². The number of ether oxygens (including phenoxy) is 1. The number of pyridine rings is 2. The molecule has 28 heavy (non-hydrogen) atoms. The Morgan fingerprint density at radius 2 is 2.14 bits per heavy atom. The molecule has 0 aliphatic rings. The summed E-state index contributed by atoms with van der Waals surface area (Å²) in [6.45, 7) is 5.90. The van der Waals surface area contributed by atoms with Gasteiger partial charge in [-0.25, -0.2) is 9.97 Å². The monoisotopic (exact) mass is 381 g/mol. The van der Waals surface area contributed by atoms with Crippen LogP contribution in [0, 0.1) is 18.8 Å². The van der Waals surface area contributed by atoms with Crippen LogP contribution in [0.1, 0.15) is 25.2 Å². The highest BCUT2D eigenvalue weighted by Gasteiger charge is 2.19. The molecular weight excluding hydrogens is 358 g/mol. The minimum atomic E-state index is -1.30. The van der Waals surface area contributed by atoms with Gasteiger partial charge in [0.05, 0.1) is 17.7 Å². The van der Waals surface area contributed by atoms with Crippen LogP contribution in [0.3, 0.4) is 0 Å². The lowest BCUT2D eigenvalue weighted by molar-refractivity contribution is 0.0274. The van der Waals surface area contributed by atoms with Gasteiger partial charge in [0.1, 0.15) is 34.1 Å². The number of aryl methyl sites for hydroxylation is 2. The first kappa shape index (κ1) is 19.6. The normalized spacial score (nSPS) is 13.2. The average Bonchev–Trinajstić information content (AvgIpc) is 3.06. The van der Waals surface area contributed by atoms with E-state index in [9.17, 15) is 9.90 Å². The molecule has 0 aliphatic carbocycles. The van der Waals surface area contributed by atoms with Crippen molar-refractivity contribution < 1.29 is 9.84 Å². The summed E-state index contributed by atoms with van der Waals surface area (Å²) < 4.78 is 6.70. The predicted octanol–water partition coefficient (Wildman–Crippen LogP) is 1.45. The fourth-order valence-corrected chi connectivity index (χ4v) is 3.01. The molecule has 3 heterocycles. The third-order valence-electron chi connectivity index (χ3n) is 4.29. The number of hydrogen-bond acceptors (Lipinski definition) is 6. The summed E-state index contributed by atoms with van der Waals surface area (Å²) in [5.41, 5.74) is 6.72. The van der Waals surface area contributed by atoms with Gasteiger partial charge in [-0.15, -0.1) is 0 Å². The predicted molar refractivity (Wildman–Crippen MR) is 108 cm³/mol. The molecule has 0 unspecified atom stereocenters. The number of nitrogens with two attached hydrogens (primary N) is 1. The van der Waals surface area contributed by atoms with Crippen molar-refractivity contribution in [2.45, 2.75) is 32.9 Å². The molecular formula is C20H23N5O3. The summed E-state index contributed by atoms with van der Waals surface area (Å²) in [5.74, 6) is 6.29. The Labute approximate surface area is 162 Å². The highest BCUT2D eigenvalue weighted by molar-refractivity contribution is 5.86. The van der Waals surface area contributed by atoms with Crippen LogP contribution in [0.4, 0.5) is 5.82 Å². The topological polar surface area (TPSA) is 119 Å². The summed E-state index contributed by atoms with van der Waals surface area (Å²) in [4.78, 5) is 24.9. The molecule has 0 fully saturated rings. The van der Waals surface area contributed by atoms with Crippen molar-refractivity contribution in [2.75, 3.05) is 19.5 Å². The SMILES string of the molecule is CCn1c(N)c(-c2nc(C)c[nH]2)c(=O)c2ccc(C#C[C@@](C)(O)COC)nc21. The van der Waals surface area contributed by atoms with Gasteiger partial charge in [0.25, 0.3) is 0 Å². The Morgan fingerprint density at radius 3 is 2.75 bits per heavy atom. The number of nitrogen functional groups attached to an aromatic ring is 1. The van der Waals surface area contributed by atoms with Gasteiger partial charge in [-0.3, -0.25) is 4.79 Å². The highest BCUT2D eigenvalue weighted by Crippen LogP contribution is 2.24. The van der Waals surface area contributed by atoms with Crippen molar-refractivity contribution in [3.63, 3.8) is 0 Å². The van der Waals surface area contributed by atoms with E-state index < -0.39 is 5.60 Å². The maximum absolute atomic E-state index is 13.1. The van der Waals surface area contributed by atoms with Crippen molar-refractivity contribution in [1.82, 2.24) is 19.5 Å². The quantitative estimate of drug-likeness (QED) is 0.589. The Balaban J connectivity index is 2.20. The second kappa shape index (κ2) is 7.46. The Kier molecular flexibility index (Phi) is 5.23. The van der Waals surface area contributed by atoms with Crippen LogP contribution in [0.5, 0.6) is 0 Å². The molecule has 4 N–H and O–H groups in total. The molecule has 3 aromatic heterocycles. The highest BCUT2D eigenvalue weighted by atomic mass is 16.5. The first-order chi connectivity index (χ1) is 13.3. The second-order valence-corrected chi connectivity index (χ2v) is 6.75. The molecule has 0 aliphatic heterocycles. The summed E-state index contributed by atoms with van der Waals surface area (Å²) in [7, 11) is 1.49. The minimum absolute atomic E-state index is 0.0755. The van der Waals surface area contributed by atoms with Gasteiger partial charge in [0.2, 0.25) is 5.43 Å². The van der Waals surface area contributed by atoms with Gasteiger partial charge in [-0.2, -0.15) is 0 Å². The second-order valence-electron chi connectivity index (χ2n) is 6.75. The van der Waals surface area contributed by atoms with E-state index in [2.05, 4.69) is 26.8 Å². The zero-order valence-electron chi connectivity index (χ0n) is 16.3. The summed E-state index contributed by atoms with van der Waals surface area (Å²) in [5, 5.41) is 10.6. The molecule has 0 bridgehead atoms. The number of aliphatic hydroxyl groups is 1. The number of hydrogen-bond donors (Lipinski definition) is 3. The molecule has 0 saturated carbocycles. The largest absolute Gasteiger partial charge is 0.384 e. The standard InChI is InChI=1S/C20H23N5O3/c1-5-25-17(21)15(18-22-10-12(2)23-18)16(26)14-7-6-13(24-19(14)25)8-9-20(3,27)11-28-4/h6-7,10,27H,5,11,21H2,1-4H3,(H,22,23)/t20-/m1/s1. The van der Waals surface area contributed by atoms with E-state index in [0.29, 0.717) is 40.5 Å². The zero-order chi connectivity index (χ0) is 20.5. The first-order valence-corrected chi connectivity index (χ1v) is 8.87. The van der Waals surface area contributed by atoms with Gasteiger partial charge in [0.15, 0.2) is 0 Å². The van der Waals surface area contributed by atoms with Crippen LogP contribution < -0.4 is 11.2 Å². The number of methoxy groups -OCH3 is 1. The van der Waals surface area contributed by atoms with Gasteiger partial charge < -0.3 is 25.1 Å². The minimum Gasteiger partial charge on any atom is -0.384 e. The van der Waals surface area contributed by atoms with Crippen LogP contribution in [0.25, 0.3) is 22.4 Å². The zero-order valence-corrected chi connectivity index (χ0v) is 16.3. The number of nitrogens with zero attached hydrogens (tertiary/aromatic N) is 3. The van der Waals surface area contributed by atoms with Gasteiger partial charge >= 0.3 is 0 Å². The lowest BCUT2D eigenvalue weighted by Gasteiger charge is -2.15. The summed E-state index contributed by atoms with van der Waals surface area (Å²) >= 11 is 0. The van der Waals surface area contributed by atoms with Gasteiger partial charge in [-0.05, 0) is 38.8 Å². The van der Waals surface area contributed by atoms with E-state index in [0.717, 1.165) is 5.69 Å². The Bertz CT molecular complexity index is 1150. The fraction of sp³-hybridized carbons (Fsp3) is 0.350. The van der Waals surface area contributed by atoms with Crippen molar-refractivity contribution in [2.24, 2.45) is 0 Å². The molecule has 1 atom stereocenters. The van der Waals surface area contributed by atoms with Crippen molar-refractivity contribution in [3.8, 4) is 23.2 Å². The maximum Gasteiger partial charge on any atom is 0.204 e. The number of nitrogens with one attached hydrogen (secondary N) is 1. The number of fused-ring (bicyclic) bond motifs is 1. The van der Waals surface area contributed by atoms with Crippen LogP contribution in [-0.2, 0) is 11.3 Å². The molecule has 146 valence electrons. The van der Waals surface area contributed by atoms with Crippen molar-refractivity contribution >= 4 is 16.9 Å². The molecule has 3 rings (SSSR count). The molecule has 3 aromatic rings. The van der Waals surface area contributed by atoms with Gasteiger partial charge in [0, 0.05) is 19.9 Å². The van der Waals surface area contributed by atoms with E-state index in [-0.39, 0.29) is 12.0 Å². The molecule has 8 heteroatoms. The number of imidazole rings is 1. The smallest absolute Gasteiger partial charge is 0.204 e. The summed E-state index contributed by atoms with van der Waals surface area (Å²) in [6, 6.07) is 3.32. The van der Waals surface area contributed by atoms with E-state index >= 15 is 0 Å². The van der Waals surface area contributed by atoms with Crippen LogP contribution in [0.15, 0.2) is 23.1 Å². The van der Waals surface area contributed by atoms with Crippen LogP contribution in [-0.4, -0.2) is 43.9 Å². The number of H-pyrrole nitrogens is 1. The van der Waals surface area contributed by atoms with Crippen molar-refractivity contribution in [3.05, 3.63) is 39.9 Å². The van der Waals surface area contributed by atoms with E-state index in [4.69, 9.17) is 10.5 Å². The fourth-order valence-electron chi connectivity index (χ4n) is 3.01. The third-order valence-corrected chi connectivity index (χ3v) is 4.29. The molecule has 0 spiro atoms. The molecule has 0 aromatic carbocycles. The molecule has 8 nitrogen and oxygen atoms in total.